The number of alkyl halides is 3. The van der Waals surface area contributed by atoms with Crippen LogP contribution in [0.25, 0.3) is 0 Å². The molecule has 0 atom stereocenters. The molecule has 1 saturated carbocycles. The zero-order valence-electron chi connectivity index (χ0n) is 22.3. The largest absolute Gasteiger partial charge is 0.496 e. The molecule has 0 bridgehead atoms. The number of rotatable bonds is 7. The molecule has 1 aliphatic rings. The summed E-state index contributed by atoms with van der Waals surface area (Å²) in [6.45, 7) is 5.60. The minimum atomic E-state index is -4.23. The average molecular weight is 568 g/mol. The number of amides is 3. The number of halogens is 4. The lowest BCUT2D eigenvalue weighted by atomic mass is 9.85. The number of ether oxygens (including phenoxy) is 1. The Bertz CT molecular complexity index is 1220. The van der Waals surface area contributed by atoms with Crippen molar-refractivity contribution in [1.82, 2.24) is 10.6 Å². The number of anilines is 1. The van der Waals surface area contributed by atoms with Crippen molar-refractivity contribution in [2.75, 3.05) is 12.4 Å². The van der Waals surface area contributed by atoms with Gasteiger partial charge in [0.2, 0.25) is 5.91 Å². The van der Waals surface area contributed by atoms with E-state index < -0.39 is 29.3 Å². The standard InChI is InChI=1S/C28H33ClF3N3O4/c1-27(2,3)26(38)33-15-16-5-11-22(29)20(13-16)24(36)35-19-10-12-23(39-4)21(14-19)25(37)34-18-8-6-17(7-9-18)28(30,31)32/h5,10-14,17-18H,6-9,15H2,1-4H3,(H,33,38)(H,34,37)(H,35,36)/t17-,18+. The summed E-state index contributed by atoms with van der Waals surface area (Å²) in [4.78, 5) is 38.2. The van der Waals surface area contributed by atoms with E-state index in [-0.39, 0.29) is 66.1 Å². The van der Waals surface area contributed by atoms with Crippen LogP contribution in [0.5, 0.6) is 5.75 Å². The van der Waals surface area contributed by atoms with Crippen LogP contribution >= 0.6 is 11.6 Å². The molecule has 11 heteroatoms. The van der Waals surface area contributed by atoms with Crippen LogP contribution < -0.4 is 20.7 Å². The van der Waals surface area contributed by atoms with E-state index in [0.717, 1.165) is 0 Å². The molecule has 0 unspecified atom stereocenters. The molecular formula is C28H33ClF3N3O4. The van der Waals surface area contributed by atoms with E-state index in [9.17, 15) is 27.6 Å². The summed E-state index contributed by atoms with van der Waals surface area (Å²) in [6, 6.07) is 8.98. The molecule has 3 amide bonds. The summed E-state index contributed by atoms with van der Waals surface area (Å²) in [5.41, 5.74) is 0.736. The molecule has 3 rings (SSSR count). The lowest BCUT2D eigenvalue weighted by molar-refractivity contribution is -0.182. The van der Waals surface area contributed by atoms with Crippen LogP contribution in [0.4, 0.5) is 18.9 Å². The van der Waals surface area contributed by atoms with Gasteiger partial charge in [-0.15, -0.1) is 0 Å². The maximum absolute atomic E-state index is 13.0. The molecule has 3 N–H and O–H groups in total. The Hall–Kier alpha value is -3.27. The first-order valence-electron chi connectivity index (χ1n) is 12.6. The molecule has 0 aromatic heterocycles. The first-order valence-corrected chi connectivity index (χ1v) is 13.0. The second kappa shape index (κ2) is 12.3. The van der Waals surface area contributed by atoms with Crippen LogP contribution in [0.2, 0.25) is 5.02 Å². The predicted octanol–water partition coefficient (Wildman–Crippen LogP) is 6.11. The first kappa shape index (κ1) is 30.3. The quantitative estimate of drug-likeness (QED) is 0.376. The average Bonchev–Trinajstić information content (AvgIpc) is 2.87. The van der Waals surface area contributed by atoms with Gasteiger partial charge in [0, 0.05) is 23.7 Å². The third-order valence-corrected chi connectivity index (χ3v) is 6.97. The van der Waals surface area contributed by atoms with Crippen molar-refractivity contribution in [2.45, 2.75) is 65.2 Å². The van der Waals surface area contributed by atoms with E-state index >= 15 is 0 Å². The summed E-state index contributed by atoms with van der Waals surface area (Å²) in [7, 11) is 1.39. The molecule has 0 radical (unpaired) electrons. The lowest BCUT2D eigenvalue weighted by Gasteiger charge is -2.30. The van der Waals surface area contributed by atoms with Crippen molar-refractivity contribution < 1.29 is 32.3 Å². The normalized spacial score (nSPS) is 17.7. The van der Waals surface area contributed by atoms with Crippen LogP contribution in [0.15, 0.2) is 36.4 Å². The second-order valence-corrected chi connectivity index (χ2v) is 11.1. The van der Waals surface area contributed by atoms with Gasteiger partial charge in [0.25, 0.3) is 11.8 Å². The minimum Gasteiger partial charge on any atom is -0.496 e. The first-order chi connectivity index (χ1) is 18.2. The SMILES string of the molecule is COc1ccc(NC(=O)c2cc(CNC(=O)C(C)(C)C)ccc2Cl)cc1C(=O)N[C@H]1CC[C@@H](C(F)(F)F)CC1. The molecular weight excluding hydrogens is 535 g/mol. The van der Waals surface area contributed by atoms with E-state index in [1.165, 1.54) is 19.2 Å². The van der Waals surface area contributed by atoms with Gasteiger partial charge < -0.3 is 20.7 Å². The van der Waals surface area contributed by atoms with Crippen molar-refractivity contribution in [3.8, 4) is 5.75 Å². The summed E-state index contributed by atoms with van der Waals surface area (Å²) in [6.07, 6.45) is -3.87. The van der Waals surface area contributed by atoms with Crippen molar-refractivity contribution >= 4 is 35.0 Å². The van der Waals surface area contributed by atoms with E-state index in [4.69, 9.17) is 16.3 Å². The fourth-order valence-electron chi connectivity index (χ4n) is 4.29. The van der Waals surface area contributed by atoms with Gasteiger partial charge in [0.15, 0.2) is 0 Å². The van der Waals surface area contributed by atoms with Gasteiger partial charge in [-0.3, -0.25) is 14.4 Å². The van der Waals surface area contributed by atoms with Gasteiger partial charge in [0.1, 0.15) is 5.75 Å². The maximum Gasteiger partial charge on any atom is 0.391 e. The Labute approximate surface area is 230 Å². The van der Waals surface area contributed by atoms with Crippen molar-refractivity contribution in [3.05, 3.63) is 58.1 Å². The number of carbonyl (C=O) groups excluding carboxylic acids is 3. The van der Waals surface area contributed by atoms with E-state index in [1.54, 1.807) is 45.0 Å². The van der Waals surface area contributed by atoms with Crippen molar-refractivity contribution in [3.63, 3.8) is 0 Å². The van der Waals surface area contributed by atoms with Gasteiger partial charge in [0.05, 0.1) is 29.2 Å². The molecule has 0 spiro atoms. The molecule has 39 heavy (non-hydrogen) atoms. The molecule has 0 aliphatic heterocycles. The highest BCUT2D eigenvalue weighted by molar-refractivity contribution is 6.34. The Balaban J connectivity index is 1.70. The van der Waals surface area contributed by atoms with Gasteiger partial charge in [-0.25, -0.2) is 0 Å². The Morgan fingerprint density at radius 2 is 1.62 bits per heavy atom. The highest BCUT2D eigenvalue weighted by Gasteiger charge is 2.41. The molecule has 7 nitrogen and oxygen atoms in total. The van der Waals surface area contributed by atoms with E-state index in [2.05, 4.69) is 16.0 Å². The van der Waals surface area contributed by atoms with Crippen molar-refractivity contribution in [1.29, 1.82) is 0 Å². The lowest BCUT2D eigenvalue weighted by Crippen LogP contribution is -2.40. The Kier molecular flexibility index (Phi) is 9.53. The van der Waals surface area contributed by atoms with Crippen LogP contribution in [-0.4, -0.2) is 37.0 Å². The zero-order valence-corrected chi connectivity index (χ0v) is 23.1. The van der Waals surface area contributed by atoms with Crippen LogP contribution in [0.3, 0.4) is 0 Å². The highest BCUT2D eigenvalue weighted by atomic mass is 35.5. The summed E-state index contributed by atoms with van der Waals surface area (Å²) < 4.78 is 44.2. The third kappa shape index (κ3) is 8.11. The molecule has 1 aliphatic carbocycles. The predicted molar refractivity (Wildman–Crippen MR) is 143 cm³/mol. The second-order valence-electron chi connectivity index (χ2n) is 10.7. The van der Waals surface area contributed by atoms with Gasteiger partial charge >= 0.3 is 6.18 Å². The number of nitrogens with one attached hydrogen (secondary N) is 3. The zero-order chi connectivity index (χ0) is 29.0. The van der Waals surface area contributed by atoms with Gasteiger partial charge in [-0.1, -0.05) is 38.4 Å². The fourth-order valence-corrected chi connectivity index (χ4v) is 4.50. The monoisotopic (exact) mass is 567 g/mol. The summed E-state index contributed by atoms with van der Waals surface area (Å²) >= 11 is 6.27. The van der Waals surface area contributed by atoms with E-state index in [0.29, 0.717) is 11.3 Å². The summed E-state index contributed by atoms with van der Waals surface area (Å²) in [5.74, 6) is -2.26. The van der Waals surface area contributed by atoms with Crippen LogP contribution in [0, 0.1) is 11.3 Å². The number of benzene rings is 2. The highest BCUT2D eigenvalue weighted by Crippen LogP contribution is 2.37. The van der Waals surface area contributed by atoms with E-state index in [1.807, 2.05) is 0 Å². The smallest absolute Gasteiger partial charge is 0.391 e. The van der Waals surface area contributed by atoms with Gasteiger partial charge in [-0.2, -0.15) is 13.2 Å². The van der Waals surface area contributed by atoms with Crippen molar-refractivity contribution in [2.24, 2.45) is 11.3 Å². The number of hydrogen-bond acceptors (Lipinski definition) is 4. The maximum atomic E-state index is 13.0. The minimum absolute atomic E-state index is 0.0403. The molecule has 0 saturated heterocycles. The Morgan fingerprint density at radius 1 is 0.949 bits per heavy atom. The molecule has 0 heterocycles. The van der Waals surface area contributed by atoms with Crippen LogP contribution in [-0.2, 0) is 11.3 Å². The topological polar surface area (TPSA) is 96.5 Å². The number of carbonyl (C=O) groups is 3. The van der Waals surface area contributed by atoms with Gasteiger partial charge in [-0.05, 0) is 61.6 Å². The molecule has 1 fully saturated rings. The fraction of sp³-hybridized carbons (Fsp3) is 0.464. The molecule has 2 aromatic rings. The molecule has 212 valence electrons. The Morgan fingerprint density at radius 3 is 2.21 bits per heavy atom. The molecule has 2 aromatic carbocycles. The number of methoxy groups -OCH3 is 1. The third-order valence-electron chi connectivity index (χ3n) is 6.64. The van der Waals surface area contributed by atoms with Crippen LogP contribution in [0.1, 0.15) is 72.7 Å². The summed E-state index contributed by atoms with van der Waals surface area (Å²) in [5, 5.41) is 8.54. The number of hydrogen-bond donors (Lipinski definition) is 3.